The Morgan fingerprint density at radius 1 is 0.284 bits per heavy atom. The van der Waals surface area contributed by atoms with Gasteiger partial charge >= 0.3 is 0 Å². The summed E-state index contributed by atoms with van der Waals surface area (Å²) in [5.74, 6) is 7.39. The SMILES string of the molecule is CCCC1CCC(c2ccc(C)cc2)CC1.CCCCCC1CCC(c2ccc(CCC)cc2)CC1.CCCCCc1ccc(C2CCC(CCCCC)CC2)cc1.CCCc1ccc(C2CCC(C)CC2)cc1. The Balaban J connectivity index is 0.000000184. The number of benzene rings is 4. The van der Waals surface area contributed by atoms with Crippen LogP contribution >= 0.6 is 0 Å². The molecule has 4 aliphatic rings. The summed E-state index contributed by atoms with van der Waals surface area (Å²) in [5, 5.41) is 0. The third-order valence-electron chi connectivity index (χ3n) is 18.7. The summed E-state index contributed by atoms with van der Waals surface area (Å²) in [4.78, 5) is 0. The Hall–Kier alpha value is -3.12. The van der Waals surface area contributed by atoms with Crippen LogP contribution in [-0.4, -0.2) is 0 Å². The molecule has 0 heteroatoms. The van der Waals surface area contributed by atoms with E-state index in [9.17, 15) is 0 Å². The topological polar surface area (TPSA) is 0 Å². The molecule has 4 aromatic rings. The zero-order valence-corrected chi connectivity index (χ0v) is 49.9. The number of rotatable bonds is 22. The maximum Gasteiger partial charge on any atom is -0.0162 e. The Bertz CT molecular complexity index is 1920. The lowest BCUT2D eigenvalue weighted by Crippen LogP contribution is -2.13. The van der Waals surface area contributed by atoms with E-state index < -0.39 is 0 Å². The van der Waals surface area contributed by atoms with Crippen molar-refractivity contribution in [3.63, 3.8) is 0 Å². The van der Waals surface area contributed by atoms with Gasteiger partial charge < -0.3 is 0 Å². The average Bonchev–Trinajstić information content (AvgIpc) is 3.44. The van der Waals surface area contributed by atoms with Crippen molar-refractivity contribution >= 4 is 0 Å². The van der Waals surface area contributed by atoms with Crippen molar-refractivity contribution in [2.45, 2.75) is 297 Å². The van der Waals surface area contributed by atoms with Gasteiger partial charge in [0.05, 0.1) is 0 Å². The van der Waals surface area contributed by atoms with Gasteiger partial charge in [-0.15, -0.1) is 0 Å². The highest BCUT2D eigenvalue weighted by Crippen LogP contribution is 2.41. The van der Waals surface area contributed by atoms with Crippen LogP contribution in [0.2, 0.25) is 0 Å². The van der Waals surface area contributed by atoms with Gasteiger partial charge in [-0.3, -0.25) is 0 Å². The van der Waals surface area contributed by atoms with Crippen LogP contribution in [0.25, 0.3) is 0 Å². The zero-order chi connectivity index (χ0) is 52.6. The minimum absolute atomic E-state index is 0.840. The fourth-order valence-corrected chi connectivity index (χ4v) is 13.6. The summed E-state index contributed by atoms with van der Waals surface area (Å²) in [6, 6.07) is 37.7. The van der Waals surface area contributed by atoms with E-state index in [0.29, 0.717) is 0 Å². The molecule has 8 rings (SSSR count). The Morgan fingerprint density at radius 3 is 0.905 bits per heavy atom. The Morgan fingerprint density at radius 2 is 0.581 bits per heavy atom. The lowest BCUT2D eigenvalue weighted by molar-refractivity contribution is 0.303. The van der Waals surface area contributed by atoms with Gasteiger partial charge in [0.1, 0.15) is 0 Å². The van der Waals surface area contributed by atoms with Gasteiger partial charge in [0.25, 0.3) is 0 Å². The number of hydrogen-bond acceptors (Lipinski definition) is 0. The van der Waals surface area contributed by atoms with E-state index in [0.717, 1.165) is 47.3 Å². The van der Waals surface area contributed by atoms with Crippen LogP contribution < -0.4 is 0 Å². The first-order valence-electron chi connectivity index (χ1n) is 32.6. The molecule has 4 fully saturated rings. The van der Waals surface area contributed by atoms with E-state index in [-0.39, 0.29) is 0 Å². The van der Waals surface area contributed by atoms with Crippen molar-refractivity contribution in [3.05, 3.63) is 142 Å². The molecular weight excluding hydrogens is 889 g/mol. The molecule has 0 aliphatic heterocycles. The third-order valence-corrected chi connectivity index (χ3v) is 18.7. The summed E-state index contributed by atoms with van der Waals surface area (Å²) in [6.07, 6.45) is 47.4. The molecule has 0 heterocycles. The summed E-state index contributed by atoms with van der Waals surface area (Å²) in [6.45, 7) is 18.3. The fraction of sp³-hybridized carbons (Fsp3) is 0.676. The average molecular weight is 1010 g/mol. The van der Waals surface area contributed by atoms with Gasteiger partial charge in [0, 0.05) is 0 Å². The van der Waals surface area contributed by atoms with Gasteiger partial charge in [0.2, 0.25) is 0 Å². The van der Waals surface area contributed by atoms with Crippen molar-refractivity contribution in [1.82, 2.24) is 0 Å². The van der Waals surface area contributed by atoms with Gasteiger partial charge in [-0.1, -0.05) is 254 Å². The largest absolute Gasteiger partial charge is 0.0654 e. The molecule has 0 bridgehead atoms. The van der Waals surface area contributed by atoms with Gasteiger partial charge in [-0.2, -0.15) is 0 Å². The maximum absolute atomic E-state index is 2.42. The van der Waals surface area contributed by atoms with E-state index in [2.05, 4.69) is 152 Å². The van der Waals surface area contributed by atoms with Crippen LogP contribution in [0.4, 0.5) is 0 Å². The van der Waals surface area contributed by atoms with E-state index >= 15 is 0 Å². The highest BCUT2D eigenvalue weighted by molar-refractivity contribution is 5.28. The van der Waals surface area contributed by atoms with Gasteiger partial charge in [0.15, 0.2) is 0 Å². The van der Waals surface area contributed by atoms with Crippen LogP contribution in [0.1, 0.15) is 316 Å². The molecule has 0 saturated heterocycles. The summed E-state index contributed by atoms with van der Waals surface area (Å²) < 4.78 is 0. The van der Waals surface area contributed by atoms with E-state index in [1.165, 1.54) is 241 Å². The third kappa shape index (κ3) is 23.2. The molecule has 0 N–H and O–H groups in total. The molecular formula is C74H116. The van der Waals surface area contributed by atoms with Crippen LogP contribution in [-0.2, 0) is 19.3 Å². The van der Waals surface area contributed by atoms with Crippen molar-refractivity contribution in [1.29, 1.82) is 0 Å². The predicted octanol–water partition coefficient (Wildman–Crippen LogP) is 23.8. The van der Waals surface area contributed by atoms with Crippen molar-refractivity contribution in [2.75, 3.05) is 0 Å². The molecule has 4 aliphatic carbocycles. The molecule has 4 saturated carbocycles. The van der Waals surface area contributed by atoms with Crippen LogP contribution in [0.3, 0.4) is 0 Å². The molecule has 0 atom stereocenters. The van der Waals surface area contributed by atoms with E-state index in [1.54, 1.807) is 22.3 Å². The van der Waals surface area contributed by atoms with Gasteiger partial charge in [-0.25, -0.2) is 0 Å². The highest BCUT2D eigenvalue weighted by Gasteiger charge is 2.25. The molecule has 0 amide bonds. The minimum atomic E-state index is 0.840. The maximum atomic E-state index is 2.42. The molecule has 0 aromatic heterocycles. The number of aryl methyl sites for hydroxylation is 4. The van der Waals surface area contributed by atoms with E-state index in [1.807, 2.05) is 0 Å². The Labute approximate surface area is 460 Å². The van der Waals surface area contributed by atoms with E-state index in [4.69, 9.17) is 0 Å². The summed E-state index contributed by atoms with van der Waals surface area (Å²) in [5.41, 5.74) is 12.3. The fourth-order valence-electron chi connectivity index (χ4n) is 13.6. The van der Waals surface area contributed by atoms with Gasteiger partial charge in [-0.05, 0) is 209 Å². The smallest absolute Gasteiger partial charge is 0.0162 e. The first kappa shape index (κ1) is 61.7. The second-order valence-electron chi connectivity index (χ2n) is 25.0. The Kier molecular flexibility index (Phi) is 30.7. The molecule has 0 unspecified atom stereocenters. The second-order valence-corrected chi connectivity index (χ2v) is 25.0. The standard InChI is InChI=1S/C22H36.C20H32.2C16H24/c1-3-5-7-9-19-11-15-21(16-12-19)22-17-13-20(14-18-22)10-8-6-4-2;1-3-5-6-8-18-11-15-20(16-12-18)19-13-9-17(7-4-2)10-14-19;2*1-3-4-14-7-11-16(12-8-14)15-9-5-13(2)6-10-15/h11-12,15-16,20,22H,3-10,13-14,17-18H2,1-2H3;9-10,13-14,18,20H,3-8,11-12,15-16H2,1-2H3;7-8,11-13,15H,3-6,9-10H2,1-2H3;5-6,9-10,14,16H,3-4,7-8,11-12H2,1-2H3. The highest BCUT2D eigenvalue weighted by atomic mass is 14.3. The van der Waals surface area contributed by atoms with Crippen molar-refractivity contribution < 1.29 is 0 Å². The first-order valence-corrected chi connectivity index (χ1v) is 32.6. The quantitative estimate of drug-likeness (QED) is 0.0688. The number of hydrogen-bond donors (Lipinski definition) is 0. The molecule has 0 radical (unpaired) electrons. The molecule has 74 heavy (non-hydrogen) atoms. The first-order chi connectivity index (χ1) is 36.2. The summed E-state index contributed by atoms with van der Waals surface area (Å²) >= 11 is 0. The normalized spacial score (nSPS) is 23.8. The van der Waals surface area contributed by atoms with Crippen LogP contribution in [0, 0.1) is 30.6 Å². The molecule has 0 spiro atoms. The predicted molar refractivity (Wildman–Crippen MR) is 329 cm³/mol. The summed E-state index contributed by atoms with van der Waals surface area (Å²) in [7, 11) is 0. The second kappa shape index (κ2) is 36.8. The molecule has 412 valence electrons. The van der Waals surface area contributed by atoms with Crippen LogP contribution in [0.5, 0.6) is 0 Å². The number of unbranched alkanes of at least 4 members (excludes halogenated alkanes) is 6. The van der Waals surface area contributed by atoms with Crippen LogP contribution in [0.15, 0.2) is 97.1 Å². The minimum Gasteiger partial charge on any atom is -0.0654 e. The molecule has 0 nitrogen and oxygen atoms in total. The lowest BCUT2D eigenvalue weighted by Gasteiger charge is -2.29. The lowest BCUT2D eigenvalue weighted by atomic mass is 9.77. The van der Waals surface area contributed by atoms with Crippen molar-refractivity contribution in [2.24, 2.45) is 23.7 Å². The zero-order valence-electron chi connectivity index (χ0n) is 49.9. The van der Waals surface area contributed by atoms with Crippen molar-refractivity contribution in [3.8, 4) is 0 Å². The molecule has 4 aromatic carbocycles. The monoisotopic (exact) mass is 1000 g/mol.